The third kappa shape index (κ3) is 2.23. The van der Waals surface area contributed by atoms with Crippen LogP contribution >= 0.6 is 0 Å². The minimum atomic E-state index is -1.24. The monoisotopic (exact) mass is 233 g/mol. The first-order valence-corrected chi connectivity index (χ1v) is 4.76. The summed E-state index contributed by atoms with van der Waals surface area (Å²) in [6.45, 7) is 0. The van der Waals surface area contributed by atoms with E-state index in [1.54, 1.807) is 0 Å². The van der Waals surface area contributed by atoms with Crippen LogP contribution in [0.2, 0.25) is 0 Å². The Bertz CT molecular complexity index is 584. The van der Waals surface area contributed by atoms with E-state index >= 15 is 0 Å². The smallest absolute Gasteiger partial charge is 0.335 e. The summed E-state index contributed by atoms with van der Waals surface area (Å²) in [5.74, 6) is -2.06. The van der Waals surface area contributed by atoms with Crippen LogP contribution in [0.1, 0.15) is 10.4 Å². The molecule has 0 unspecified atom stereocenters. The molecular formula is C12H8FNO3. The minimum Gasteiger partial charge on any atom is -0.506 e. The predicted octanol–water partition coefficient (Wildman–Crippen LogP) is 2.29. The summed E-state index contributed by atoms with van der Waals surface area (Å²) in [6, 6.07) is 6.21. The number of pyridine rings is 1. The van der Waals surface area contributed by atoms with E-state index in [9.17, 15) is 14.3 Å². The summed E-state index contributed by atoms with van der Waals surface area (Å²) in [7, 11) is 0. The fraction of sp³-hybridized carbons (Fsp3) is 0. The van der Waals surface area contributed by atoms with Crippen LogP contribution in [0.5, 0.6) is 5.75 Å². The van der Waals surface area contributed by atoms with Gasteiger partial charge in [0.1, 0.15) is 17.3 Å². The lowest BCUT2D eigenvalue weighted by Gasteiger charge is -2.04. The normalized spacial score (nSPS) is 10.2. The highest BCUT2D eigenvalue weighted by molar-refractivity contribution is 5.89. The lowest BCUT2D eigenvalue weighted by molar-refractivity contribution is 0.0696. The fourth-order valence-electron chi connectivity index (χ4n) is 1.47. The van der Waals surface area contributed by atoms with Crippen LogP contribution in [0.3, 0.4) is 0 Å². The lowest BCUT2D eigenvalue weighted by Crippen LogP contribution is -1.98. The largest absolute Gasteiger partial charge is 0.506 e. The SMILES string of the molecule is O=C(O)c1cc(F)cc(-c2ncccc2O)c1. The molecule has 0 aliphatic carbocycles. The zero-order chi connectivity index (χ0) is 12.4. The van der Waals surface area contributed by atoms with Crippen molar-refractivity contribution in [3.8, 4) is 17.0 Å². The van der Waals surface area contributed by atoms with Crippen LogP contribution in [0.25, 0.3) is 11.3 Å². The number of halogens is 1. The molecule has 4 nitrogen and oxygen atoms in total. The number of aromatic carboxylic acids is 1. The van der Waals surface area contributed by atoms with E-state index in [0.29, 0.717) is 0 Å². The summed E-state index contributed by atoms with van der Waals surface area (Å²) in [6.07, 6.45) is 1.43. The van der Waals surface area contributed by atoms with Crippen LogP contribution in [-0.4, -0.2) is 21.2 Å². The van der Waals surface area contributed by atoms with E-state index in [1.807, 2.05) is 0 Å². The Kier molecular flexibility index (Phi) is 2.74. The van der Waals surface area contributed by atoms with E-state index in [2.05, 4.69) is 4.98 Å². The van der Waals surface area contributed by atoms with Gasteiger partial charge in [0.25, 0.3) is 0 Å². The molecule has 17 heavy (non-hydrogen) atoms. The quantitative estimate of drug-likeness (QED) is 0.834. The van der Waals surface area contributed by atoms with Gasteiger partial charge in [-0.05, 0) is 30.3 Å². The van der Waals surface area contributed by atoms with Gasteiger partial charge in [0.05, 0.1) is 5.56 Å². The maximum atomic E-state index is 13.2. The Morgan fingerprint density at radius 3 is 2.71 bits per heavy atom. The van der Waals surface area contributed by atoms with Gasteiger partial charge in [0.2, 0.25) is 0 Å². The molecule has 86 valence electrons. The standard InChI is InChI=1S/C12H8FNO3/c13-9-5-7(4-8(6-9)12(16)17)11-10(15)2-1-3-14-11/h1-6,15H,(H,16,17). The summed E-state index contributed by atoms with van der Waals surface area (Å²) >= 11 is 0. The van der Waals surface area contributed by atoms with Crippen molar-refractivity contribution in [3.63, 3.8) is 0 Å². The van der Waals surface area contributed by atoms with Gasteiger partial charge in [-0.1, -0.05) is 0 Å². The van der Waals surface area contributed by atoms with Crippen LogP contribution in [0.15, 0.2) is 36.5 Å². The molecule has 0 bridgehead atoms. The van der Waals surface area contributed by atoms with Crippen molar-refractivity contribution in [3.05, 3.63) is 47.9 Å². The molecule has 0 saturated heterocycles. The fourth-order valence-corrected chi connectivity index (χ4v) is 1.47. The Labute approximate surface area is 96.0 Å². The van der Waals surface area contributed by atoms with Gasteiger partial charge in [0.15, 0.2) is 0 Å². The molecule has 0 spiro atoms. The van der Waals surface area contributed by atoms with Crippen molar-refractivity contribution in [2.24, 2.45) is 0 Å². The van der Waals surface area contributed by atoms with Crippen molar-refractivity contribution in [2.75, 3.05) is 0 Å². The van der Waals surface area contributed by atoms with E-state index in [0.717, 1.165) is 12.1 Å². The van der Waals surface area contributed by atoms with Crippen LogP contribution in [-0.2, 0) is 0 Å². The first-order chi connectivity index (χ1) is 8.08. The van der Waals surface area contributed by atoms with E-state index in [-0.39, 0.29) is 22.6 Å². The second kappa shape index (κ2) is 4.21. The Morgan fingerprint density at radius 2 is 2.06 bits per heavy atom. The number of aromatic hydroxyl groups is 1. The van der Waals surface area contributed by atoms with Crippen molar-refractivity contribution >= 4 is 5.97 Å². The minimum absolute atomic E-state index is 0.130. The average Bonchev–Trinajstić information content (AvgIpc) is 2.28. The number of aromatic nitrogens is 1. The van der Waals surface area contributed by atoms with Crippen molar-refractivity contribution in [1.29, 1.82) is 0 Å². The van der Waals surface area contributed by atoms with E-state index in [1.165, 1.54) is 24.4 Å². The highest BCUT2D eigenvalue weighted by atomic mass is 19.1. The topological polar surface area (TPSA) is 70.4 Å². The number of benzene rings is 1. The molecule has 0 aliphatic heterocycles. The number of nitrogens with zero attached hydrogens (tertiary/aromatic N) is 1. The number of carboxylic acids is 1. The second-order valence-electron chi connectivity index (χ2n) is 3.40. The van der Waals surface area contributed by atoms with Gasteiger partial charge in [0, 0.05) is 11.8 Å². The van der Waals surface area contributed by atoms with Gasteiger partial charge in [-0.15, -0.1) is 0 Å². The molecule has 2 rings (SSSR count). The number of carboxylic acid groups (broad SMARTS) is 1. The van der Waals surface area contributed by atoms with Crippen LogP contribution < -0.4 is 0 Å². The Balaban J connectivity index is 2.60. The maximum Gasteiger partial charge on any atom is 0.335 e. The Hall–Kier alpha value is -2.43. The molecule has 0 amide bonds. The third-order valence-electron chi connectivity index (χ3n) is 2.20. The predicted molar refractivity (Wildman–Crippen MR) is 58.3 cm³/mol. The number of hydrogen-bond donors (Lipinski definition) is 2. The van der Waals surface area contributed by atoms with Crippen molar-refractivity contribution < 1.29 is 19.4 Å². The molecule has 2 aromatic rings. The molecule has 1 aromatic carbocycles. The average molecular weight is 233 g/mol. The highest BCUT2D eigenvalue weighted by Gasteiger charge is 2.11. The summed E-state index contributed by atoms with van der Waals surface area (Å²) < 4.78 is 13.2. The molecule has 5 heteroatoms. The number of rotatable bonds is 2. The van der Waals surface area contributed by atoms with Gasteiger partial charge < -0.3 is 10.2 Å². The molecule has 0 fully saturated rings. The molecular weight excluding hydrogens is 225 g/mol. The molecule has 2 N–H and O–H groups in total. The maximum absolute atomic E-state index is 13.2. The summed E-state index contributed by atoms with van der Waals surface area (Å²) in [5.41, 5.74) is 0.181. The Morgan fingerprint density at radius 1 is 1.29 bits per heavy atom. The first kappa shape index (κ1) is 11.1. The van der Waals surface area contributed by atoms with Crippen LogP contribution in [0.4, 0.5) is 4.39 Å². The second-order valence-corrected chi connectivity index (χ2v) is 3.40. The molecule has 0 radical (unpaired) electrons. The van der Waals surface area contributed by atoms with Gasteiger partial charge in [-0.25, -0.2) is 9.18 Å². The third-order valence-corrected chi connectivity index (χ3v) is 2.20. The lowest BCUT2D eigenvalue weighted by atomic mass is 10.1. The van der Waals surface area contributed by atoms with Gasteiger partial charge >= 0.3 is 5.97 Å². The number of carbonyl (C=O) groups is 1. The van der Waals surface area contributed by atoms with Crippen molar-refractivity contribution in [1.82, 2.24) is 4.98 Å². The molecule has 0 aliphatic rings. The van der Waals surface area contributed by atoms with Crippen LogP contribution in [0, 0.1) is 5.82 Å². The van der Waals surface area contributed by atoms with E-state index < -0.39 is 11.8 Å². The summed E-state index contributed by atoms with van der Waals surface area (Å²) in [4.78, 5) is 14.7. The van der Waals surface area contributed by atoms with Gasteiger partial charge in [-0.3, -0.25) is 4.98 Å². The molecule has 0 atom stereocenters. The molecule has 1 heterocycles. The molecule has 1 aromatic heterocycles. The van der Waals surface area contributed by atoms with Crippen molar-refractivity contribution in [2.45, 2.75) is 0 Å². The molecule has 0 saturated carbocycles. The summed E-state index contributed by atoms with van der Waals surface area (Å²) in [5, 5.41) is 18.4. The number of hydrogen-bond acceptors (Lipinski definition) is 3. The highest BCUT2D eigenvalue weighted by Crippen LogP contribution is 2.27. The van der Waals surface area contributed by atoms with E-state index in [4.69, 9.17) is 5.11 Å². The zero-order valence-corrected chi connectivity index (χ0v) is 8.59. The first-order valence-electron chi connectivity index (χ1n) is 4.76. The zero-order valence-electron chi connectivity index (χ0n) is 8.59. The van der Waals surface area contributed by atoms with Gasteiger partial charge in [-0.2, -0.15) is 0 Å².